The first kappa shape index (κ1) is 20.2. The van der Waals surface area contributed by atoms with Gasteiger partial charge in [0.15, 0.2) is 0 Å². The van der Waals surface area contributed by atoms with Crippen LogP contribution in [0.3, 0.4) is 0 Å². The van der Waals surface area contributed by atoms with Crippen LogP contribution in [0, 0.1) is 32.6 Å². The van der Waals surface area contributed by atoms with Gasteiger partial charge in [-0.25, -0.2) is 0 Å². The van der Waals surface area contributed by atoms with Crippen LogP contribution in [0.5, 0.6) is 0 Å². The van der Waals surface area contributed by atoms with Crippen LogP contribution >= 0.6 is 15.9 Å². The number of benzene rings is 2. The fourth-order valence-electron chi connectivity index (χ4n) is 3.03. The zero-order valence-electron chi connectivity index (χ0n) is 15.5. The summed E-state index contributed by atoms with van der Waals surface area (Å²) in [6.07, 6.45) is 0.323. The van der Waals surface area contributed by atoms with Gasteiger partial charge in [-0.15, -0.1) is 0 Å². The van der Waals surface area contributed by atoms with E-state index in [2.05, 4.69) is 21.2 Å². The Kier molecular flexibility index (Phi) is 6.59. The van der Waals surface area contributed by atoms with Gasteiger partial charge in [0.25, 0.3) is 0 Å². The van der Waals surface area contributed by atoms with Crippen LogP contribution in [-0.4, -0.2) is 17.0 Å². The first-order valence-corrected chi connectivity index (χ1v) is 9.33. The third-order valence-corrected chi connectivity index (χ3v) is 5.37. The molecule has 0 saturated heterocycles. The van der Waals surface area contributed by atoms with E-state index in [1.54, 1.807) is 6.92 Å². The van der Waals surface area contributed by atoms with E-state index in [4.69, 9.17) is 0 Å². The fraction of sp³-hybridized carbons (Fsp3) is 0.333. The molecule has 26 heavy (non-hydrogen) atoms. The van der Waals surface area contributed by atoms with E-state index in [1.165, 1.54) is 0 Å². The molecule has 0 aliphatic rings. The lowest BCUT2D eigenvalue weighted by Gasteiger charge is -2.20. The second-order valence-corrected chi connectivity index (χ2v) is 7.74. The molecule has 0 aromatic heterocycles. The summed E-state index contributed by atoms with van der Waals surface area (Å²) in [5.41, 5.74) is 4.83. The van der Waals surface area contributed by atoms with Crippen molar-refractivity contribution in [3.8, 4) is 0 Å². The summed E-state index contributed by atoms with van der Waals surface area (Å²) in [6.45, 7) is 7.60. The summed E-state index contributed by atoms with van der Waals surface area (Å²) in [5.74, 6) is -2.70. The van der Waals surface area contributed by atoms with E-state index in [1.807, 2.05) is 57.2 Å². The van der Waals surface area contributed by atoms with Crippen molar-refractivity contribution in [3.63, 3.8) is 0 Å². The average molecular weight is 418 g/mol. The van der Waals surface area contributed by atoms with Gasteiger partial charge in [-0.3, -0.25) is 9.59 Å². The highest BCUT2D eigenvalue weighted by molar-refractivity contribution is 9.10. The second kappa shape index (κ2) is 8.49. The number of hydrogen-bond acceptors (Lipinski definition) is 2. The normalized spacial score (nSPS) is 13.1. The Labute approximate surface area is 162 Å². The standard InChI is InChI=1S/C21H24BrNO3/c1-12-7-13(2)9-16(8-12)10-18(21(25)26)15(4)20(24)23-17-6-5-14(3)19(22)11-17/h5-9,11,15,18H,10H2,1-4H3,(H,23,24)(H,25,26). The number of carbonyl (C=O) groups is 2. The van der Waals surface area contributed by atoms with Crippen molar-refractivity contribution >= 4 is 33.5 Å². The highest BCUT2D eigenvalue weighted by Crippen LogP contribution is 2.24. The number of nitrogens with one attached hydrogen (secondary N) is 1. The van der Waals surface area contributed by atoms with Crippen molar-refractivity contribution in [2.45, 2.75) is 34.1 Å². The van der Waals surface area contributed by atoms with Gasteiger partial charge in [0, 0.05) is 16.1 Å². The maximum Gasteiger partial charge on any atom is 0.307 e. The molecular weight excluding hydrogens is 394 g/mol. The topological polar surface area (TPSA) is 66.4 Å². The lowest BCUT2D eigenvalue weighted by atomic mass is 9.86. The molecule has 0 heterocycles. The quantitative estimate of drug-likeness (QED) is 0.702. The minimum atomic E-state index is -0.961. The summed E-state index contributed by atoms with van der Waals surface area (Å²) >= 11 is 3.44. The molecule has 2 rings (SSSR count). The maximum absolute atomic E-state index is 12.6. The van der Waals surface area contributed by atoms with Crippen molar-refractivity contribution in [2.24, 2.45) is 11.8 Å². The van der Waals surface area contributed by atoms with Crippen LogP contribution < -0.4 is 5.32 Å². The number of amides is 1. The Morgan fingerprint density at radius 1 is 1.08 bits per heavy atom. The molecule has 1 amide bonds. The fourth-order valence-corrected chi connectivity index (χ4v) is 3.41. The Morgan fingerprint density at radius 2 is 1.69 bits per heavy atom. The van der Waals surface area contributed by atoms with Gasteiger partial charge >= 0.3 is 5.97 Å². The number of halogens is 1. The SMILES string of the molecule is Cc1cc(C)cc(CC(C(=O)O)C(C)C(=O)Nc2ccc(C)c(Br)c2)c1. The van der Waals surface area contributed by atoms with Gasteiger partial charge in [0.1, 0.15) is 0 Å². The Morgan fingerprint density at radius 3 is 2.23 bits per heavy atom. The molecule has 2 atom stereocenters. The molecule has 0 bridgehead atoms. The first-order valence-electron chi connectivity index (χ1n) is 8.54. The molecule has 5 heteroatoms. The van der Waals surface area contributed by atoms with Gasteiger partial charge in [0.05, 0.1) is 5.92 Å². The Balaban J connectivity index is 2.16. The van der Waals surface area contributed by atoms with Crippen molar-refractivity contribution in [2.75, 3.05) is 5.32 Å². The lowest BCUT2D eigenvalue weighted by Crippen LogP contribution is -2.33. The van der Waals surface area contributed by atoms with Crippen molar-refractivity contribution in [3.05, 3.63) is 63.1 Å². The molecule has 2 aromatic rings. The van der Waals surface area contributed by atoms with Crippen LogP contribution in [0.25, 0.3) is 0 Å². The van der Waals surface area contributed by atoms with Gasteiger partial charge in [0.2, 0.25) is 5.91 Å². The van der Waals surface area contributed by atoms with Crippen LogP contribution in [0.15, 0.2) is 40.9 Å². The molecule has 0 saturated carbocycles. The highest BCUT2D eigenvalue weighted by atomic mass is 79.9. The number of hydrogen-bond donors (Lipinski definition) is 2. The molecule has 2 aromatic carbocycles. The zero-order chi connectivity index (χ0) is 19.4. The number of rotatable bonds is 6. The smallest absolute Gasteiger partial charge is 0.307 e. The molecule has 0 aliphatic heterocycles. The van der Waals surface area contributed by atoms with Crippen molar-refractivity contribution < 1.29 is 14.7 Å². The molecule has 0 spiro atoms. The van der Waals surface area contributed by atoms with Crippen LogP contribution in [0.1, 0.15) is 29.2 Å². The van der Waals surface area contributed by atoms with Crippen molar-refractivity contribution in [1.82, 2.24) is 0 Å². The third-order valence-electron chi connectivity index (χ3n) is 4.51. The predicted molar refractivity (Wildman–Crippen MR) is 107 cm³/mol. The van der Waals surface area contributed by atoms with Gasteiger partial charge in [-0.1, -0.05) is 58.2 Å². The molecule has 4 nitrogen and oxygen atoms in total. The molecular formula is C21H24BrNO3. The molecule has 2 unspecified atom stereocenters. The predicted octanol–water partition coefficient (Wildman–Crippen LogP) is 4.89. The molecule has 0 radical (unpaired) electrons. The lowest BCUT2D eigenvalue weighted by molar-refractivity contribution is -0.145. The molecule has 0 aliphatic carbocycles. The summed E-state index contributed by atoms with van der Waals surface area (Å²) in [4.78, 5) is 24.4. The molecule has 2 N–H and O–H groups in total. The Hall–Kier alpha value is -2.14. The van der Waals surface area contributed by atoms with E-state index in [-0.39, 0.29) is 5.91 Å². The van der Waals surface area contributed by atoms with Crippen LogP contribution in [0.4, 0.5) is 5.69 Å². The minimum absolute atomic E-state index is 0.294. The van der Waals surface area contributed by atoms with E-state index in [0.29, 0.717) is 12.1 Å². The van der Waals surface area contributed by atoms with E-state index in [0.717, 1.165) is 26.7 Å². The number of carboxylic acids is 1. The van der Waals surface area contributed by atoms with Gasteiger partial charge < -0.3 is 10.4 Å². The average Bonchev–Trinajstić information content (AvgIpc) is 2.54. The van der Waals surface area contributed by atoms with Crippen LogP contribution in [0.2, 0.25) is 0 Å². The number of anilines is 1. The zero-order valence-corrected chi connectivity index (χ0v) is 17.1. The maximum atomic E-state index is 12.6. The highest BCUT2D eigenvalue weighted by Gasteiger charge is 2.30. The van der Waals surface area contributed by atoms with E-state index >= 15 is 0 Å². The Bertz CT molecular complexity index is 812. The van der Waals surface area contributed by atoms with E-state index < -0.39 is 17.8 Å². The number of aryl methyl sites for hydroxylation is 3. The summed E-state index contributed by atoms with van der Waals surface area (Å²) in [7, 11) is 0. The number of carboxylic acid groups (broad SMARTS) is 1. The third kappa shape index (κ3) is 5.18. The van der Waals surface area contributed by atoms with E-state index in [9.17, 15) is 14.7 Å². The van der Waals surface area contributed by atoms with Crippen LogP contribution in [-0.2, 0) is 16.0 Å². The first-order chi connectivity index (χ1) is 12.2. The largest absolute Gasteiger partial charge is 0.481 e. The van der Waals surface area contributed by atoms with Gasteiger partial charge in [-0.05, 0) is 50.5 Å². The summed E-state index contributed by atoms with van der Waals surface area (Å²) in [5, 5.41) is 12.5. The number of aliphatic carboxylic acids is 1. The monoisotopic (exact) mass is 417 g/mol. The summed E-state index contributed by atoms with van der Waals surface area (Å²) < 4.78 is 0.896. The molecule has 138 valence electrons. The number of carbonyl (C=O) groups excluding carboxylic acids is 1. The van der Waals surface area contributed by atoms with Crippen molar-refractivity contribution in [1.29, 1.82) is 0 Å². The second-order valence-electron chi connectivity index (χ2n) is 6.89. The summed E-state index contributed by atoms with van der Waals surface area (Å²) in [6, 6.07) is 11.5. The molecule has 0 fully saturated rings. The minimum Gasteiger partial charge on any atom is -0.481 e. The van der Waals surface area contributed by atoms with Gasteiger partial charge in [-0.2, -0.15) is 0 Å².